The molecule has 2 heterocycles. The van der Waals surface area contributed by atoms with Gasteiger partial charge >= 0.3 is 0 Å². The number of H-pyrrole nitrogens is 1. The Morgan fingerprint density at radius 1 is 1.10 bits per heavy atom. The van der Waals surface area contributed by atoms with Crippen LogP contribution in [0.3, 0.4) is 0 Å². The molecule has 0 bridgehead atoms. The minimum atomic E-state index is -0.0666. The summed E-state index contributed by atoms with van der Waals surface area (Å²) in [6, 6.07) is 18.2. The fraction of sp³-hybridized carbons (Fsp3) is 0.318. The number of benzene rings is 2. The standard InChI is InChI=1S/C22H24N4O2S/c27-20(18-8-6-17(7-9-18)14-29-21-24-16-25-26-21)23-15-22(10-12-28-13-11-22)19-4-2-1-3-5-19/h1-9,16H,10-15H2,(H,23,27)(H,24,25,26). The largest absolute Gasteiger partial charge is 0.381 e. The van der Waals surface area contributed by atoms with Crippen LogP contribution in [-0.4, -0.2) is 40.8 Å². The molecule has 0 unspecified atom stereocenters. The summed E-state index contributed by atoms with van der Waals surface area (Å²) < 4.78 is 5.58. The van der Waals surface area contributed by atoms with E-state index < -0.39 is 0 Å². The molecule has 1 aromatic heterocycles. The van der Waals surface area contributed by atoms with Crippen molar-refractivity contribution in [3.8, 4) is 0 Å². The molecular weight excluding hydrogens is 384 g/mol. The predicted molar refractivity (Wildman–Crippen MR) is 113 cm³/mol. The molecule has 1 amide bonds. The number of aromatic nitrogens is 3. The highest BCUT2D eigenvalue weighted by molar-refractivity contribution is 7.98. The molecule has 2 aromatic carbocycles. The lowest BCUT2D eigenvalue weighted by Crippen LogP contribution is -2.44. The van der Waals surface area contributed by atoms with Crippen LogP contribution in [0, 0.1) is 0 Å². The summed E-state index contributed by atoms with van der Waals surface area (Å²) in [6.45, 7) is 2.06. The molecule has 0 radical (unpaired) electrons. The zero-order valence-corrected chi connectivity index (χ0v) is 17.0. The van der Waals surface area contributed by atoms with E-state index in [1.807, 2.05) is 30.3 Å². The lowest BCUT2D eigenvalue weighted by molar-refractivity contribution is 0.0487. The molecule has 3 aromatic rings. The second kappa shape index (κ2) is 9.24. The number of amides is 1. The minimum absolute atomic E-state index is 0.0405. The van der Waals surface area contributed by atoms with Crippen LogP contribution in [-0.2, 0) is 15.9 Å². The number of carbonyl (C=O) groups is 1. The summed E-state index contributed by atoms with van der Waals surface area (Å²) in [7, 11) is 0. The van der Waals surface area contributed by atoms with Gasteiger partial charge < -0.3 is 10.1 Å². The van der Waals surface area contributed by atoms with E-state index >= 15 is 0 Å². The molecule has 0 aliphatic carbocycles. The van der Waals surface area contributed by atoms with Gasteiger partial charge in [-0.05, 0) is 36.1 Å². The van der Waals surface area contributed by atoms with Gasteiger partial charge in [-0.25, -0.2) is 4.98 Å². The highest BCUT2D eigenvalue weighted by Gasteiger charge is 2.34. The maximum absolute atomic E-state index is 12.7. The van der Waals surface area contributed by atoms with Crippen molar-refractivity contribution in [1.82, 2.24) is 20.5 Å². The van der Waals surface area contributed by atoms with Gasteiger partial charge in [0, 0.05) is 36.5 Å². The lowest BCUT2D eigenvalue weighted by atomic mass is 9.74. The van der Waals surface area contributed by atoms with E-state index in [-0.39, 0.29) is 11.3 Å². The average Bonchev–Trinajstić information content (AvgIpc) is 3.31. The molecule has 29 heavy (non-hydrogen) atoms. The van der Waals surface area contributed by atoms with Crippen molar-refractivity contribution in [2.45, 2.75) is 29.2 Å². The third kappa shape index (κ3) is 4.86. The van der Waals surface area contributed by atoms with Gasteiger partial charge in [0.15, 0.2) is 5.16 Å². The van der Waals surface area contributed by atoms with E-state index in [0.717, 1.165) is 42.5 Å². The van der Waals surface area contributed by atoms with Crippen molar-refractivity contribution in [2.24, 2.45) is 0 Å². The maximum atomic E-state index is 12.7. The molecule has 0 atom stereocenters. The Hall–Kier alpha value is -2.64. The number of ether oxygens (including phenoxy) is 1. The van der Waals surface area contributed by atoms with E-state index in [1.165, 1.54) is 11.9 Å². The Bertz CT molecular complexity index is 908. The molecule has 0 saturated carbocycles. The van der Waals surface area contributed by atoms with Crippen molar-refractivity contribution in [3.05, 3.63) is 77.6 Å². The highest BCUT2D eigenvalue weighted by Crippen LogP contribution is 2.34. The predicted octanol–water partition coefficient (Wildman–Crippen LogP) is 3.58. The third-order valence-electron chi connectivity index (χ3n) is 5.41. The Balaban J connectivity index is 1.38. The van der Waals surface area contributed by atoms with Gasteiger partial charge in [-0.1, -0.05) is 54.2 Å². The van der Waals surface area contributed by atoms with E-state index in [4.69, 9.17) is 4.74 Å². The molecule has 1 aliphatic rings. The number of carbonyl (C=O) groups excluding carboxylic acids is 1. The van der Waals surface area contributed by atoms with Gasteiger partial charge in [0.1, 0.15) is 6.33 Å². The molecule has 1 fully saturated rings. The Morgan fingerprint density at radius 2 is 1.86 bits per heavy atom. The van der Waals surface area contributed by atoms with E-state index in [9.17, 15) is 4.79 Å². The number of hydrogen-bond donors (Lipinski definition) is 2. The van der Waals surface area contributed by atoms with Crippen LogP contribution in [0.5, 0.6) is 0 Å². The summed E-state index contributed by atoms with van der Waals surface area (Å²) in [4.78, 5) is 16.8. The zero-order valence-electron chi connectivity index (χ0n) is 16.1. The molecular formula is C22H24N4O2S. The van der Waals surface area contributed by atoms with Crippen molar-refractivity contribution >= 4 is 17.7 Å². The molecule has 4 rings (SSSR count). The van der Waals surface area contributed by atoms with E-state index in [2.05, 4.69) is 44.8 Å². The summed E-state index contributed by atoms with van der Waals surface area (Å²) in [5, 5.41) is 10.6. The smallest absolute Gasteiger partial charge is 0.251 e. The monoisotopic (exact) mass is 408 g/mol. The Morgan fingerprint density at radius 3 is 2.55 bits per heavy atom. The molecule has 1 saturated heterocycles. The quantitative estimate of drug-likeness (QED) is 0.584. The SMILES string of the molecule is O=C(NCC1(c2ccccc2)CCOCC1)c1ccc(CSc2ncn[nH]2)cc1. The van der Waals surface area contributed by atoms with Crippen LogP contribution in [0.4, 0.5) is 0 Å². The fourth-order valence-corrected chi connectivity index (χ4v) is 4.38. The lowest BCUT2D eigenvalue weighted by Gasteiger charge is -2.38. The topological polar surface area (TPSA) is 79.9 Å². The zero-order chi connectivity index (χ0) is 19.9. The Labute approximate surface area is 174 Å². The number of nitrogens with one attached hydrogen (secondary N) is 2. The summed E-state index contributed by atoms with van der Waals surface area (Å²) in [5.74, 6) is 0.732. The first-order chi connectivity index (χ1) is 14.3. The van der Waals surface area contributed by atoms with Crippen molar-refractivity contribution in [2.75, 3.05) is 19.8 Å². The minimum Gasteiger partial charge on any atom is -0.381 e. The van der Waals surface area contributed by atoms with Gasteiger partial charge in [0.05, 0.1) is 0 Å². The third-order valence-corrected chi connectivity index (χ3v) is 6.36. The van der Waals surface area contributed by atoms with Gasteiger partial charge in [-0.15, -0.1) is 0 Å². The molecule has 6 nitrogen and oxygen atoms in total. The second-order valence-electron chi connectivity index (χ2n) is 7.22. The molecule has 2 N–H and O–H groups in total. The van der Waals surface area contributed by atoms with Crippen molar-refractivity contribution in [3.63, 3.8) is 0 Å². The maximum Gasteiger partial charge on any atom is 0.251 e. The van der Waals surface area contributed by atoms with Crippen molar-refractivity contribution in [1.29, 1.82) is 0 Å². The van der Waals surface area contributed by atoms with E-state index in [1.54, 1.807) is 11.8 Å². The van der Waals surface area contributed by atoms with Gasteiger partial charge in [-0.2, -0.15) is 5.10 Å². The second-order valence-corrected chi connectivity index (χ2v) is 8.18. The first-order valence-corrected chi connectivity index (χ1v) is 10.7. The molecule has 0 spiro atoms. The molecule has 1 aliphatic heterocycles. The Kier molecular flexibility index (Phi) is 6.27. The van der Waals surface area contributed by atoms with Crippen molar-refractivity contribution < 1.29 is 9.53 Å². The van der Waals surface area contributed by atoms with Crippen LogP contribution in [0.15, 0.2) is 66.1 Å². The molecule has 7 heteroatoms. The summed E-state index contributed by atoms with van der Waals surface area (Å²) in [6.07, 6.45) is 3.32. The number of nitrogens with zero attached hydrogens (tertiary/aromatic N) is 2. The van der Waals surface area contributed by atoms with Crippen LogP contribution < -0.4 is 5.32 Å². The van der Waals surface area contributed by atoms with Gasteiger partial charge in [0.2, 0.25) is 0 Å². The normalized spacial score (nSPS) is 15.7. The summed E-state index contributed by atoms with van der Waals surface area (Å²) in [5.41, 5.74) is 3.01. The van der Waals surface area contributed by atoms with Crippen LogP contribution in [0.1, 0.15) is 34.3 Å². The van der Waals surface area contributed by atoms with Gasteiger partial charge in [-0.3, -0.25) is 9.89 Å². The van der Waals surface area contributed by atoms with Crippen LogP contribution in [0.25, 0.3) is 0 Å². The first kappa shape index (κ1) is 19.7. The average molecular weight is 409 g/mol. The van der Waals surface area contributed by atoms with Crippen LogP contribution >= 0.6 is 11.8 Å². The number of aromatic amines is 1. The molecule has 150 valence electrons. The number of rotatable bonds is 7. The first-order valence-electron chi connectivity index (χ1n) is 9.74. The van der Waals surface area contributed by atoms with Crippen LogP contribution in [0.2, 0.25) is 0 Å². The summed E-state index contributed by atoms with van der Waals surface area (Å²) >= 11 is 1.58. The highest BCUT2D eigenvalue weighted by atomic mass is 32.2. The number of hydrogen-bond acceptors (Lipinski definition) is 5. The fourth-order valence-electron chi connectivity index (χ4n) is 3.64. The number of thioether (sulfide) groups is 1. The van der Waals surface area contributed by atoms with Gasteiger partial charge in [0.25, 0.3) is 5.91 Å². The van der Waals surface area contributed by atoms with E-state index in [0.29, 0.717) is 12.1 Å².